The van der Waals surface area contributed by atoms with Crippen molar-refractivity contribution in [3.8, 4) is 0 Å². The average molecular weight is 432 g/mol. The van der Waals surface area contributed by atoms with Gasteiger partial charge in [0.15, 0.2) is 6.61 Å². The van der Waals surface area contributed by atoms with Gasteiger partial charge in [-0.1, -0.05) is 24.3 Å². The Kier molecular flexibility index (Phi) is 5.90. The summed E-state index contributed by atoms with van der Waals surface area (Å²) in [5.41, 5.74) is 3.27. The molecule has 7 nitrogen and oxygen atoms in total. The van der Waals surface area contributed by atoms with Gasteiger partial charge in [-0.2, -0.15) is 0 Å². The number of nitrogens with zero attached hydrogens (tertiary/aromatic N) is 1. The number of carbonyl (C=O) groups excluding carboxylic acids is 4. The van der Waals surface area contributed by atoms with Crippen molar-refractivity contribution in [1.82, 2.24) is 0 Å². The van der Waals surface area contributed by atoms with Crippen LogP contribution in [0.4, 0.5) is 11.4 Å². The fourth-order valence-electron chi connectivity index (χ4n) is 4.06. The monoisotopic (exact) mass is 432 g/mol. The molecule has 7 heteroatoms. The van der Waals surface area contributed by atoms with Crippen LogP contribution in [0.25, 0.3) is 0 Å². The van der Waals surface area contributed by atoms with Crippen LogP contribution in [0.5, 0.6) is 0 Å². The highest BCUT2D eigenvalue weighted by molar-refractivity contribution is 6.22. The van der Waals surface area contributed by atoms with Crippen molar-refractivity contribution >= 4 is 35.1 Å². The van der Waals surface area contributed by atoms with Crippen LogP contribution in [0, 0.1) is 25.7 Å². The summed E-state index contributed by atoms with van der Waals surface area (Å²) in [5.74, 6) is -2.36. The van der Waals surface area contributed by atoms with E-state index >= 15 is 0 Å². The minimum atomic E-state index is -0.708. The van der Waals surface area contributed by atoms with Crippen molar-refractivity contribution in [2.45, 2.75) is 26.7 Å². The molecule has 2 aromatic carbocycles. The minimum absolute atomic E-state index is 0.162. The lowest BCUT2D eigenvalue weighted by molar-refractivity contribution is -0.122. The fourth-order valence-corrected chi connectivity index (χ4v) is 4.06. The van der Waals surface area contributed by atoms with E-state index in [2.05, 4.69) is 5.32 Å². The molecule has 0 radical (unpaired) electrons. The summed E-state index contributed by atoms with van der Waals surface area (Å²) in [6, 6.07) is 11.7. The van der Waals surface area contributed by atoms with Gasteiger partial charge in [0.25, 0.3) is 5.91 Å². The van der Waals surface area contributed by atoms with Gasteiger partial charge < -0.3 is 10.1 Å². The molecule has 2 aromatic rings. The number of esters is 1. The predicted molar refractivity (Wildman–Crippen MR) is 119 cm³/mol. The Morgan fingerprint density at radius 1 is 0.969 bits per heavy atom. The molecule has 0 spiro atoms. The van der Waals surface area contributed by atoms with Gasteiger partial charge in [-0.3, -0.25) is 19.3 Å². The average Bonchev–Trinajstić information content (AvgIpc) is 3.05. The van der Waals surface area contributed by atoms with Crippen LogP contribution in [0.1, 0.15) is 34.3 Å². The smallest absolute Gasteiger partial charge is 0.338 e. The number of amides is 3. The van der Waals surface area contributed by atoms with E-state index in [1.807, 2.05) is 38.1 Å². The van der Waals surface area contributed by atoms with Crippen LogP contribution in [0.3, 0.4) is 0 Å². The van der Waals surface area contributed by atoms with Gasteiger partial charge >= 0.3 is 5.97 Å². The molecule has 0 saturated carbocycles. The molecule has 2 aliphatic rings. The molecule has 1 fully saturated rings. The van der Waals surface area contributed by atoms with E-state index < -0.39 is 18.5 Å². The van der Waals surface area contributed by atoms with Gasteiger partial charge in [-0.05, 0) is 68.1 Å². The number of fused-ring (bicyclic) bond motifs is 1. The first kappa shape index (κ1) is 21.5. The van der Waals surface area contributed by atoms with Crippen LogP contribution in [0.2, 0.25) is 0 Å². The van der Waals surface area contributed by atoms with Gasteiger partial charge in [0, 0.05) is 5.69 Å². The van der Waals surface area contributed by atoms with Gasteiger partial charge in [0.2, 0.25) is 11.8 Å². The molecule has 1 heterocycles. The number of anilines is 2. The molecule has 1 saturated heterocycles. The topological polar surface area (TPSA) is 92.8 Å². The lowest BCUT2D eigenvalue weighted by Gasteiger charge is -2.15. The summed E-state index contributed by atoms with van der Waals surface area (Å²) < 4.78 is 5.13. The molecular formula is C25H24N2O5. The summed E-state index contributed by atoms with van der Waals surface area (Å²) in [5, 5.41) is 2.69. The number of allylic oxidation sites excluding steroid dienone is 2. The number of ether oxygens (including phenoxy) is 1. The van der Waals surface area contributed by atoms with Crippen molar-refractivity contribution < 1.29 is 23.9 Å². The standard InChI is InChI=1S/C25H24N2O5/c1-15-10-11-18(12-16(15)2)26-22(28)14-32-25(31)17-6-5-7-19(13-17)27-23(29)20-8-3-4-9-21(20)24(27)30/h3-7,10-13,20-21H,8-9,14H2,1-2H3,(H,26,28)/t20-,21-/m0/s1. The summed E-state index contributed by atoms with van der Waals surface area (Å²) >= 11 is 0. The van der Waals surface area contributed by atoms with E-state index in [9.17, 15) is 19.2 Å². The quantitative estimate of drug-likeness (QED) is 0.443. The largest absolute Gasteiger partial charge is 0.452 e. The zero-order valence-electron chi connectivity index (χ0n) is 18.0. The number of imide groups is 1. The second-order valence-electron chi connectivity index (χ2n) is 8.14. The SMILES string of the molecule is Cc1ccc(NC(=O)COC(=O)c2cccc(N3C(=O)[C@H]4CC=CC[C@@H]4C3=O)c2)cc1C. The molecule has 1 aliphatic carbocycles. The first-order valence-electron chi connectivity index (χ1n) is 10.5. The Morgan fingerprint density at radius 2 is 1.66 bits per heavy atom. The van der Waals surface area contributed by atoms with Crippen molar-refractivity contribution in [1.29, 1.82) is 0 Å². The minimum Gasteiger partial charge on any atom is -0.452 e. The van der Waals surface area contributed by atoms with Crippen molar-refractivity contribution in [2.75, 3.05) is 16.8 Å². The zero-order valence-corrected chi connectivity index (χ0v) is 18.0. The maximum Gasteiger partial charge on any atom is 0.338 e. The van der Waals surface area contributed by atoms with Crippen LogP contribution in [-0.4, -0.2) is 30.3 Å². The lowest BCUT2D eigenvalue weighted by atomic mass is 9.85. The molecule has 0 aromatic heterocycles. The molecule has 1 aliphatic heterocycles. The predicted octanol–water partition coefficient (Wildman–Crippen LogP) is 3.55. The Bertz CT molecular complexity index is 1110. The maximum atomic E-state index is 12.8. The van der Waals surface area contributed by atoms with Crippen LogP contribution >= 0.6 is 0 Å². The Labute approximate surface area is 186 Å². The highest BCUT2D eigenvalue weighted by Crippen LogP contribution is 2.37. The van der Waals surface area contributed by atoms with Crippen LogP contribution < -0.4 is 10.2 Å². The number of nitrogens with one attached hydrogen (secondary N) is 1. The van der Waals surface area contributed by atoms with E-state index in [0.717, 1.165) is 16.0 Å². The van der Waals surface area contributed by atoms with Gasteiger partial charge in [0.05, 0.1) is 23.1 Å². The van der Waals surface area contributed by atoms with E-state index in [1.54, 1.807) is 18.2 Å². The molecule has 2 atom stereocenters. The van der Waals surface area contributed by atoms with Gasteiger partial charge in [0.1, 0.15) is 0 Å². The first-order chi connectivity index (χ1) is 15.3. The third kappa shape index (κ3) is 4.19. The Morgan fingerprint density at radius 3 is 2.31 bits per heavy atom. The third-order valence-corrected chi connectivity index (χ3v) is 5.97. The van der Waals surface area contributed by atoms with E-state index in [0.29, 0.717) is 24.2 Å². The van der Waals surface area contributed by atoms with Gasteiger partial charge in [-0.15, -0.1) is 0 Å². The number of carbonyl (C=O) groups is 4. The van der Waals surface area contributed by atoms with Crippen molar-refractivity contribution in [3.05, 3.63) is 71.3 Å². The molecule has 0 unspecified atom stereocenters. The molecule has 1 N–H and O–H groups in total. The summed E-state index contributed by atoms with van der Waals surface area (Å²) in [4.78, 5) is 51.3. The summed E-state index contributed by atoms with van der Waals surface area (Å²) in [6.45, 7) is 3.47. The highest BCUT2D eigenvalue weighted by Gasteiger charge is 2.47. The second-order valence-corrected chi connectivity index (χ2v) is 8.14. The van der Waals surface area contributed by atoms with Gasteiger partial charge in [-0.25, -0.2) is 4.79 Å². The van der Waals surface area contributed by atoms with E-state index in [4.69, 9.17) is 4.74 Å². The van der Waals surface area contributed by atoms with E-state index in [-0.39, 0.29) is 29.2 Å². The third-order valence-electron chi connectivity index (χ3n) is 5.97. The normalized spacial score (nSPS) is 19.6. The van der Waals surface area contributed by atoms with E-state index in [1.165, 1.54) is 12.1 Å². The molecule has 164 valence electrons. The summed E-state index contributed by atoms with van der Waals surface area (Å²) in [7, 11) is 0. The lowest BCUT2D eigenvalue weighted by Crippen LogP contribution is -2.31. The molecule has 3 amide bonds. The van der Waals surface area contributed by atoms with Crippen LogP contribution in [0.15, 0.2) is 54.6 Å². The molecule has 4 rings (SSSR count). The molecular weight excluding hydrogens is 408 g/mol. The molecule has 0 bridgehead atoms. The number of aryl methyl sites for hydroxylation is 2. The van der Waals surface area contributed by atoms with Crippen molar-refractivity contribution in [3.63, 3.8) is 0 Å². The zero-order chi connectivity index (χ0) is 22.8. The fraction of sp³-hybridized carbons (Fsp3) is 0.280. The first-order valence-corrected chi connectivity index (χ1v) is 10.5. The van der Waals surface area contributed by atoms with Crippen LogP contribution in [-0.2, 0) is 19.1 Å². The van der Waals surface area contributed by atoms with Crippen molar-refractivity contribution in [2.24, 2.45) is 11.8 Å². The number of rotatable bonds is 5. The second kappa shape index (κ2) is 8.78. The number of benzene rings is 2. The highest BCUT2D eigenvalue weighted by atomic mass is 16.5. The summed E-state index contributed by atoms with van der Waals surface area (Å²) in [6.07, 6.45) is 4.94. The molecule has 32 heavy (non-hydrogen) atoms. The Balaban J connectivity index is 1.40. The maximum absolute atomic E-state index is 12.8. The Hall–Kier alpha value is -3.74. The number of hydrogen-bond acceptors (Lipinski definition) is 5. The number of hydrogen-bond donors (Lipinski definition) is 1.